The summed E-state index contributed by atoms with van der Waals surface area (Å²) in [6.45, 7) is 6.20. The fourth-order valence-electron chi connectivity index (χ4n) is 1.53. The van der Waals surface area contributed by atoms with Crippen molar-refractivity contribution in [3.05, 3.63) is 30.1 Å². The molecular formula is C13H20CuN4S+2. The van der Waals surface area contributed by atoms with E-state index in [9.17, 15) is 0 Å². The summed E-state index contributed by atoms with van der Waals surface area (Å²) in [6.07, 6.45) is 5.56. The van der Waals surface area contributed by atoms with Gasteiger partial charge in [-0.25, -0.2) is 0 Å². The molecule has 1 radical (unpaired) electrons. The molecule has 0 aliphatic rings. The van der Waals surface area contributed by atoms with Gasteiger partial charge >= 0.3 is 17.1 Å². The van der Waals surface area contributed by atoms with Crippen molar-refractivity contribution in [3.8, 4) is 0 Å². The number of aromatic nitrogens is 1. The second-order valence-electron chi connectivity index (χ2n) is 3.92. The van der Waals surface area contributed by atoms with Gasteiger partial charge in [-0.1, -0.05) is 19.9 Å². The molecule has 0 bridgehead atoms. The van der Waals surface area contributed by atoms with E-state index >= 15 is 0 Å². The summed E-state index contributed by atoms with van der Waals surface area (Å²) in [7, 11) is 0. The molecule has 107 valence electrons. The first kappa shape index (κ1) is 18.0. The van der Waals surface area contributed by atoms with E-state index in [1.54, 1.807) is 12.4 Å². The molecule has 0 atom stereocenters. The average molecular weight is 328 g/mol. The van der Waals surface area contributed by atoms with E-state index in [2.05, 4.69) is 34.3 Å². The minimum Gasteiger partial charge on any atom is -0.348 e. The average Bonchev–Trinajstić information content (AvgIpc) is 2.39. The Morgan fingerprint density at radius 3 is 2.58 bits per heavy atom. The Labute approximate surface area is 131 Å². The molecule has 0 aliphatic carbocycles. The number of hydrogen-bond acceptors (Lipinski definition) is 3. The molecule has 0 saturated heterocycles. The molecule has 0 saturated carbocycles. The summed E-state index contributed by atoms with van der Waals surface area (Å²) in [6, 6.07) is 5.69. The van der Waals surface area contributed by atoms with E-state index in [1.807, 2.05) is 18.2 Å². The monoisotopic (exact) mass is 327 g/mol. The summed E-state index contributed by atoms with van der Waals surface area (Å²) < 4.78 is 0. The second-order valence-corrected chi connectivity index (χ2v) is 4.30. The SMILES string of the molecule is CCCN(CCC)C(=S)NN=Cc1ccccn1.[Cu+2]. The maximum absolute atomic E-state index is 5.30. The summed E-state index contributed by atoms with van der Waals surface area (Å²) in [4.78, 5) is 6.28. The minimum atomic E-state index is 0. The Hall–Kier alpha value is -0.971. The zero-order valence-corrected chi connectivity index (χ0v) is 13.0. The molecule has 0 aliphatic heterocycles. The van der Waals surface area contributed by atoms with Crippen molar-refractivity contribution >= 4 is 23.5 Å². The van der Waals surface area contributed by atoms with Gasteiger partial charge in [0.05, 0.1) is 11.9 Å². The van der Waals surface area contributed by atoms with E-state index in [4.69, 9.17) is 12.2 Å². The summed E-state index contributed by atoms with van der Waals surface area (Å²) in [5.74, 6) is 0. The van der Waals surface area contributed by atoms with Crippen LogP contribution in [0.5, 0.6) is 0 Å². The molecule has 0 amide bonds. The zero-order valence-electron chi connectivity index (χ0n) is 11.3. The van der Waals surface area contributed by atoms with Gasteiger partial charge in [-0.2, -0.15) is 5.10 Å². The summed E-state index contributed by atoms with van der Waals surface area (Å²) in [5, 5.41) is 4.78. The van der Waals surface area contributed by atoms with Gasteiger partial charge in [0.1, 0.15) is 0 Å². The Bertz CT molecular complexity index is 377. The van der Waals surface area contributed by atoms with Gasteiger partial charge in [-0.15, -0.1) is 0 Å². The van der Waals surface area contributed by atoms with Crippen LogP contribution in [-0.4, -0.2) is 34.3 Å². The van der Waals surface area contributed by atoms with Crippen molar-refractivity contribution in [3.63, 3.8) is 0 Å². The molecule has 1 aromatic rings. The van der Waals surface area contributed by atoms with E-state index < -0.39 is 0 Å². The third-order valence-corrected chi connectivity index (χ3v) is 2.67. The first-order chi connectivity index (χ1) is 8.77. The van der Waals surface area contributed by atoms with E-state index in [0.29, 0.717) is 5.11 Å². The van der Waals surface area contributed by atoms with E-state index in [1.165, 1.54) is 0 Å². The number of hydrazone groups is 1. The molecule has 1 N–H and O–H groups in total. The minimum absolute atomic E-state index is 0. The van der Waals surface area contributed by atoms with E-state index in [-0.39, 0.29) is 17.1 Å². The number of hydrogen-bond donors (Lipinski definition) is 1. The van der Waals surface area contributed by atoms with Gasteiger partial charge in [0, 0.05) is 19.3 Å². The van der Waals surface area contributed by atoms with Crippen LogP contribution in [0, 0.1) is 0 Å². The normalized spacial score (nSPS) is 10.0. The molecule has 1 heterocycles. The topological polar surface area (TPSA) is 40.5 Å². The molecule has 1 rings (SSSR count). The van der Waals surface area contributed by atoms with Crippen molar-refractivity contribution in [1.82, 2.24) is 15.3 Å². The van der Waals surface area contributed by atoms with Crippen molar-refractivity contribution < 1.29 is 17.1 Å². The number of thiocarbonyl (C=S) groups is 1. The van der Waals surface area contributed by atoms with Gasteiger partial charge in [-0.3, -0.25) is 10.4 Å². The van der Waals surface area contributed by atoms with Crippen LogP contribution in [0.4, 0.5) is 0 Å². The van der Waals surface area contributed by atoms with Crippen LogP contribution < -0.4 is 5.43 Å². The predicted molar refractivity (Wildman–Crippen MR) is 79.7 cm³/mol. The van der Waals surface area contributed by atoms with Crippen molar-refractivity contribution in [1.29, 1.82) is 0 Å². The van der Waals surface area contributed by atoms with Gasteiger partial charge < -0.3 is 4.90 Å². The van der Waals surface area contributed by atoms with Crippen LogP contribution in [0.3, 0.4) is 0 Å². The van der Waals surface area contributed by atoms with Crippen molar-refractivity contribution in [2.75, 3.05) is 13.1 Å². The maximum atomic E-state index is 5.30. The van der Waals surface area contributed by atoms with Gasteiger partial charge in [0.25, 0.3) is 0 Å². The van der Waals surface area contributed by atoms with Crippen LogP contribution in [0.2, 0.25) is 0 Å². The molecule has 0 unspecified atom stereocenters. The molecule has 1 aromatic heterocycles. The number of nitrogens with one attached hydrogen (secondary N) is 1. The molecule has 0 spiro atoms. The van der Waals surface area contributed by atoms with Gasteiger partial charge in [0.2, 0.25) is 0 Å². The Morgan fingerprint density at radius 1 is 1.37 bits per heavy atom. The fraction of sp³-hybridized carbons (Fsp3) is 0.462. The molecule has 0 fully saturated rings. The van der Waals surface area contributed by atoms with E-state index in [0.717, 1.165) is 31.6 Å². The van der Waals surface area contributed by atoms with Gasteiger partial charge in [0.15, 0.2) is 5.11 Å². The van der Waals surface area contributed by atoms with Gasteiger partial charge in [-0.05, 0) is 37.2 Å². The van der Waals surface area contributed by atoms with Crippen LogP contribution in [0.25, 0.3) is 0 Å². The van der Waals surface area contributed by atoms with Crippen molar-refractivity contribution in [2.45, 2.75) is 26.7 Å². The van der Waals surface area contributed by atoms with Crippen LogP contribution in [-0.2, 0) is 17.1 Å². The third-order valence-electron chi connectivity index (χ3n) is 2.32. The van der Waals surface area contributed by atoms with Crippen LogP contribution in [0.15, 0.2) is 29.5 Å². The Kier molecular flexibility index (Phi) is 10.3. The third kappa shape index (κ3) is 7.25. The number of nitrogens with zero attached hydrogens (tertiary/aromatic N) is 3. The number of rotatable bonds is 6. The quantitative estimate of drug-likeness (QED) is 0.377. The molecule has 6 heteroatoms. The predicted octanol–water partition coefficient (Wildman–Crippen LogP) is 2.41. The van der Waals surface area contributed by atoms with Crippen molar-refractivity contribution in [2.24, 2.45) is 5.10 Å². The first-order valence-corrected chi connectivity index (χ1v) is 6.67. The van der Waals surface area contributed by atoms with Crippen LogP contribution in [0.1, 0.15) is 32.4 Å². The summed E-state index contributed by atoms with van der Waals surface area (Å²) in [5.41, 5.74) is 3.70. The second kappa shape index (κ2) is 10.9. The molecule has 4 nitrogen and oxygen atoms in total. The summed E-state index contributed by atoms with van der Waals surface area (Å²) >= 11 is 5.30. The fourth-order valence-corrected chi connectivity index (χ4v) is 1.77. The number of pyridine rings is 1. The van der Waals surface area contributed by atoms with Crippen LogP contribution >= 0.6 is 12.2 Å². The molecule has 19 heavy (non-hydrogen) atoms. The zero-order chi connectivity index (χ0) is 13.2. The first-order valence-electron chi connectivity index (χ1n) is 6.27. The molecular weight excluding hydrogens is 308 g/mol. The smallest absolute Gasteiger partial charge is 0.348 e. The standard InChI is InChI=1S/C13H20N4S.Cu/c1-3-9-17(10-4-2)13(18)16-15-11-12-7-5-6-8-14-12;/h5-8,11H,3-4,9-10H2,1-2H3,(H,16,18);/q;+2. The Balaban J connectivity index is 0.00000324. The maximum Gasteiger partial charge on any atom is 2.00 e. The Morgan fingerprint density at radius 2 is 2.05 bits per heavy atom. The largest absolute Gasteiger partial charge is 2.00 e. The molecule has 0 aromatic carbocycles.